The molecule has 0 spiro atoms. The number of methoxy groups -OCH3 is 1. The van der Waals surface area contributed by atoms with E-state index < -0.39 is 0 Å². The molecule has 0 aliphatic heterocycles. The third-order valence-electron chi connectivity index (χ3n) is 5.09. The third-order valence-corrected chi connectivity index (χ3v) is 5.09. The highest BCUT2D eigenvalue weighted by atomic mass is 16.5. The number of aryl methyl sites for hydroxylation is 1. The first-order valence-corrected chi connectivity index (χ1v) is 10.4. The molecule has 1 amide bonds. The van der Waals surface area contributed by atoms with E-state index in [-0.39, 0.29) is 18.6 Å². The van der Waals surface area contributed by atoms with Crippen LogP contribution < -0.4 is 10.1 Å². The van der Waals surface area contributed by atoms with Crippen LogP contribution in [0.3, 0.4) is 0 Å². The van der Waals surface area contributed by atoms with Crippen molar-refractivity contribution >= 4 is 16.9 Å². The zero-order chi connectivity index (χ0) is 21.7. The number of ether oxygens (including phenoxy) is 2. The highest BCUT2D eigenvalue weighted by molar-refractivity contribution is 5.78. The van der Waals surface area contributed by atoms with Crippen LogP contribution in [0.5, 0.6) is 5.75 Å². The maximum Gasteiger partial charge on any atom is 0.246 e. The molecule has 0 aliphatic rings. The molecule has 1 heterocycles. The Morgan fingerprint density at radius 3 is 2.67 bits per heavy atom. The van der Waals surface area contributed by atoms with Gasteiger partial charge in [0.25, 0.3) is 0 Å². The van der Waals surface area contributed by atoms with E-state index in [4.69, 9.17) is 14.5 Å². The Morgan fingerprint density at radius 1 is 1.17 bits per heavy atom. The molecule has 6 heteroatoms. The molecule has 0 radical (unpaired) electrons. The Balaban J connectivity index is 1.82. The molecule has 160 valence electrons. The molecular formula is C24H31N3O3. The van der Waals surface area contributed by atoms with Crippen LogP contribution in [0.25, 0.3) is 11.0 Å². The molecule has 6 nitrogen and oxygen atoms in total. The van der Waals surface area contributed by atoms with Gasteiger partial charge in [-0.15, -0.1) is 0 Å². The fourth-order valence-electron chi connectivity index (χ4n) is 3.63. The number of imidazole rings is 1. The number of para-hydroxylation sites is 2. The van der Waals surface area contributed by atoms with Gasteiger partial charge in [-0.3, -0.25) is 4.79 Å². The molecule has 0 bridgehead atoms. The molecule has 0 saturated heterocycles. The van der Waals surface area contributed by atoms with Crippen molar-refractivity contribution in [2.75, 3.05) is 20.3 Å². The van der Waals surface area contributed by atoms with E-state index in [1.54, 1.807) is 0 Å². The van der Waals surface area contributed by atoms with Gasteiger partial charge in [0.15, 0.2) is 0 Å². The van der Waals surface area contributed by atoms with Gasteiger partial charge in [0, 0.05) is 7.11 Å². The van der Waals surface area contributed by atoms with Crippen molar-refractivity contribution in [2.24, 2.45) is 0 Å². The maximum atomic E-state index is 12.0. The lowest BCUT2D eigenvalue weighted by atomic mass is 10.0. The molecule has 1 aromatic heterocycles. The number of rotatable bonds is 9. The number of benzene rings is 2. The lowest BCUT2D eigenvalue weighted by Crippen LogP contribution is -2.31. The Kier molecular flexibility index (Phi) is 7.11. The second-order valence-electron chi connectivity index (χ2n) is 7.88. The van der Waals surface area contributed by atoms with Gasteiger partial charge < -0.3 is 19.4 Å². The highest BCUT2D eigenvalue weighted by Crippen LogP contribution is 2.28. The zero-order valence-corrected chi connectivity index (χ0v) is 18.4. The van der Waals surface area contributed by atoms with Gasteiger partial charge in [-0.2, -0.15) is 0 Å². The summed E-state index contributed by atoms with van der Waals surface area (Å²) in [5, 5.41) is 2.95. The fourth-order valence-corrected chi connectivity index (χ4v) is 3.63. The molecule has 0 saturated carbocycles. The molecule has 2 aromatic carbocycles. The molecular weight excluding hydrogens is 378 g/mol. The van der Waals surface area contributed by atoms with Crippen LogP contribution in [0, 0.1) is 6.92 Å². The number of aromatic nitrogens is 2. The third kappa shape index (κ3) is 5.00. The molecule has 3 aromatic rings. The van der Waals surface area contributed by atoms with Gasteiger partial charge in [-0.1, -0.05) is 38.1 Å². The van der Waals surface area contributed by atoms with Crippen LogP contribution in [-0.4, -0.2) is 35.8 Å². The summed E-state index contributed by atoms with van der Waals surface area (Å²) >= 11 is 0. The average molecular weight is 410 g/mol. The SMILES string of the molecule is COCC(=O)NC(C)c1nc2ccccc2n1CCOc1cc(C)ccc1C(C)C. The Bertz CT molecular complexity index is 1010. The summed E-state index contributed by atoms with van der Waals surface area (Å²) in [7, 11) is 1.51. The van der Waals surface area contributed by atoms with Gasteiger partial charge in [0.1, 0.15) is 24.8 Å². The predicted molar refractivity (Wildman–Crippen MR) is 119 cm³/mol. The topological polar surface area (TPSA) is 65.4 Å². The van der Waals surface area contributed by atoms with Crippen LogP contribution in [-0.2, 0) is 16.1 Å². The number of amides is 1. The Labute approximate surface area is 178 Å². The zero-order valence-electron chi connectivity index (χ0n) is 18.4. The summed E-state index contributed by atoms with van der Waals surface area (Å²) in [6, 6.07) is 14.1. The second-order valence-corrected chi connectivity index (χ2v) is 7.88. The van der Waals surface area contributed by atoms with Crippen molar-refractivity contribution in [3.05, 3.63) is 59.4 Å². The van der Waals surface area contributed by atoms with Gasteiger partial charge in [0.05, 0.1) is 23.6 Å². The number of nitrogens with zero attached hydrogens (tertiary/aromatic N) is 2. The predicted octanol–water partition coefficient (Wildman–Crippen LogP) is 4.37. The van der Waals surface area contributed by atoms with Gasteiger partial charge in [-0.25, -0.2) is 4.98 Å². The van der Waals surface area contributed by atoms with Crippen molar-refractivity contribution in [2.45, 2.75) is 46.2 Å². The minimum absolute atomic E-state index is 0.0268. The van der Waals surface area contributed by atoms with Crippen LogP contribution in [0.15, 0.2) is 42.5 Å². The largest absolute Gasteiger partial charge is 0.491 e. The lowest BCUT2D eigenvalue weighted by molar-refractivity contribution is -0.125. The van der Waals surface area contributed by atoms with Crippen molar-refractivity contribution in [3.63, 3.8) is 0 Å². The number of fused-ring (bicyclic) bond motifs is 1. The summed E-state index contributed by atoms with van der Waals surface area (Å²) in [5.41, 5.74) is 4.31. The number of hydrogen-bond donors (Lipinski definition) is 1. The fraction of sp³-hybridized carbons (Fsp3) is 0.417. The van der Waals surface area contributed by atoms with E-state index in [0.29, 0.717) is 19.1 Å². The standard InChI is InChI=1S/C24H31N3O3/c1-16(2)19-11-10-17(3)14-22(19)30-13-12-27-21-9-7-6-8-20(21)26-24(27)18(4)25-23(28)15-29-5/h6-11,14,16,18H,12-13,15H2,1-5H3,(H,25,28). The van der Waals surface area contributed by atoms with Crippen LogP contribution in [0.4, 0.5) is 0 Å². The number of nitrogens with one attached hydrogen (secondary N) is 1. The smallest absolute Gasteiger partial charge is 0.246 e. The summed E-state index contributed by atoms with van der Waals surface area (Å²) in [6.07, 6.45) is 0. The molecule has 1 N–H and O–H groups in total. The van der Waals surface area contributed by atoms with Crippen LogP contribution in [0.2, 0.25) is 0 Å². The normalized spacial score (nSPS) is 12.3. The number of carbonyl (C=O) groups is 1. The maximum absolute atomic E-state index is 12.0. The highest BCUT2D eigenvalue weighted by Gasteiger charge is 2.18. The first-order valence-electron chi connectivity index (χ1n) is 10.4. The first kappa shape index (κ1) is 21.8. The Morgan fingerprint density at radius 2 is 1.93 bits per heavy atom. The first-order chi connectivity index (χ1) is 14.4. The summed E-state index contributed by atoms with van der Waals surface area (Å²) < 4.78 is 13.2. The van der Waals surface area contributed by atoms with E-state index in [0.717, 1.165) is 22.6 Å². The van der Waals surface area contributed by atoms with E-state index in [2.05, 4.69) is 48.9 Å². The molecule has 30 heavy (non-hydrogen) atoms. The quantitative estimate of drug-likeness (QED) is 0.570. The van der Waals surface area contributed by atoms with E-state index in [9.17, 15) is 4.79 Å². The van der Waals surface area contributed by atoms with Gasteiger partial charge in [-0.05, 0) is 49.1 Å². The lowest BCUT2D eigenvalue weighted by Gasteiger charge is -2.18. The average Bonchev–Trinajstić information content (AvgIpc) is 3.07. The minimum atomic E-state index is -0.245. The monoisotopic (exact) mass is 409 g/mol. The van der Waals surface area contributed by atoms with Gasteiger partial charge >= 0.3 is 0 Å². The Hall–Kier alpha value is -2.86. The van der Waals surface area contributed by atoms with Crippen LogP contribution >= 0.6 is 0 Å². The molecule has 0 aliphatic carbocycles. The molecule has 3 rings (SSSR count). The summed E-state index contributed by atoms with van der Waals surface area (Å²) in [4.78, 5) is 16.8. The van der Waals surface area contributed by atoms with Crippen molar-refractivity contribution < 1.29 is 14.3 Å². The van der Waals surface area contributed by atoms with E-state index in [1.807, 2.05) is 31.2 Å². The van der Waals surface area contributed by atoms with Crippen molar-refractivity contribution in [3.8, 4) is 5.75 Å². The van der Waals surface area contributed by atoms with Crippen molar-refractivity contribution in [1.82, 2.24) is 14.9 Å². The van der Waals surface area contributed by atoms with Crippen molar-refractivity contribution in [1.29, 1.82) is 0 Å². The molecule has 1 atom stereocenters. The van der Waals surface area contributed by atoms with Crippen LogP contribution in [0.1, 0.15) is 49.7 Å². The van der Waals surface area contributed by atoms with E-state index >= 15 is 0 Å². The molecule has 1 unspecified atom stereocenters. The summed E-state index contributed by atoms with van der Waals surface area (Å²) in [6.45, 7) is 9.51. The van der Waals surface area contributed by atoms with E-state index in [1.165, 1.54) is 18.2 Å². The minimum Gasteiger partial charge on any atom is -0.491 e. The molecule has 0 fully saturated rings. The number of carbonyl (C=O) groups excluding carboxylic acids is 1. The number of hydrogen-bond acceptors (Lipinski definition) is 4. The van der Waals surface area contributed by atoms with Gasteiger partial charge in [0.2, 0.25) is 5.91 Å². The summed E-state index contributed by atoms with van der Waals surface area (Å²) in [5.74, 6) is 1.96. The second kappa shape index (κ2) is 9.76.